The lowest BCUT2D eigenvalue weighted by molar-refractivity contribution is 0.212. The van der Waals surface area contributed by atoms with Crippen LogP contribution >= 0.6 is 0 Å². The third-order valence-corrected chi connectivity index (χ3v) is 8.93. The van der Waals surface area contributed by atoms with Gasteiger partial charge in [0.2, 0.25) is 0 Å². The van der Waals surface area contributed by atoms with Gasteiger partial charge in [0, 0.05) is 11.1 Å². The molecule has 1 unspecified atom stereocenters. The average molecular weight is 529 g/mol. The smallest absolute Gasteiger partial charge is 0.166 e. The number of allylic oxidation sites excluding steroid dienone is 4. The summed E-state index contributed by atoms with van der Waals surface area (Å²) >= 11 is 0. The van der Waals surface area contributed by atoms with Crippen molar-refractivity contribution in [3.63, 3.8) is 0 Å². The van der Waals surface area contributed by atoms with Gasteiger partial charge in [-0.1, -0.05) is 80.1 Å². The van der Waals surface area contributed by atoms with Crippen LogP contribution in [0.4, 0.5) is 13.2 Å². The van der Waals surface area contributed by atoms with Gasteiger partial charge in [0.05, 0.1) is 0 Å². The minimum Gasteiger partial charge on any atom is -0.206 e. The molecule has 204 valence electrons. The molecule has 2 aliphatic rings. The zero-order valence-electron chi connectivity index (χ0n) is 23.2. The Morgan fingerprint density at radius 1 is 0.744 bits per heavy atom. The fraction of sp³-hybridized carbons (Fsp3) is 0.389. The van der Waals surface area contributed by atoms with Crippen LogP contribution in [0, 0.1) is 35.2 Å². The first-order valence-corrected chi connectivity index (χ1v) is 14.7. The van der Waals surface area contributed by atoms with Gasteiger partial charge in [-0.25, -0.2) is 13.2 Å². The second kappa shape index (κ2) is 12.4. The van der Waals surface area contributed by atoms with E-state index in [1.807, 2.05) is 19.1 Å². The van der Waals surface area contributed by atoms with Crippen LogP contribution < -0.4 is 0 Å². The molecular weight excluding hydrogens is 489 g/mol. The van der Waals surface area contributed by atoms with Crippen LogP contribution in [-0.4, -0.2) is 0 Å². The third-order valence-electron chi connectivity index (χ3n) is 8.93. The maximum Gasteiger partial charge on any atom is 0.166 e. The van der Waals surface area contributed by atoms with E-state index in [0.717, 1.165) is 48.1 Å². The highest BCUT2D eigenvalue weighted by atomic mass is 19.2. The zero-order chi connectivity index (χ0) is 27.4. The average Bonchev–Trinajstić information content (AvgIpc) is 2.97. The van der Waals surface area contributed by atoms with Gasteiger partial charge in [0.15, 0.2) is 11.6 Å². The van der Waals surface area contributed by atoms with Crippen molar-refractivity contribution in [2.24, 2.45) is 17.8 Å². The van der Waals surface area contributed by atoms with Crippen LogP contribution in [0.25, 0.3) is 27.8 Å². The van der Waals surface area contributed by atoms with E-state index in [9.17, 15) is 8.78 Å². The molecular formula is C36H39F3. The van der Waals surface area contributed by atoms with Crippen molar-refractivity contribution in [2.45, 2.75) is 71.6 Å². The Morgan fingerprint density at radius 2 is 1.41 bits per heavy atom. The largest absolute Gasteiger partial charge is 0.206 e. The summed E-state index contributed by atoms with van der Waals surface area (Å²) in [6.45, 7) is 4.06. The van der Waals surface area contributed by atoms with Gasteiger partial charge < -0.3 is 0 Å². The Hall–Kier alpha value is -3.07. The molecule has 3 aromatic rings. The molecule has 0 aliphatic heterocycles. The Morgan fingerprint density at radius 3 is 2.03 bits per heavy atom. The molecule has 5 rings (SSSR count). The maximum atomic E-state index is 15.3. The molecule has 0 N–H and O–H groups in total. The fourth-order valence-electron chi connectivity index (χ4n) is 6.68. The van der Waals surface area contributed by atoms with Crippen molar-refractivity contribution >= 4 is 5.57 Å². The molecule has 1 fully saturated rings. The molecule has 0 radical (unpaired) electrons. The SMILES string of the molecule is C/C=C/C1CCC(C2CC=C(c3ccc(-c4ccc(-c5ccc(CCC)c(F)c5F)cc4)c(F)c3)CC2)CC1. The van der Waals surface area contributed by atoms with Crippen LogP contribution in [0.15, 0.2) is 72.8 Å². The van der Waals surface area contributed by atoms with E-state index < -0.39 is 11.6 Å². The standard InChI is InChI=1S/C36H39F3/c1-3-5-24-7-9-25(10-8-24)26-11-13-27(14-12-26)31-20-21-32(34(37)23-31)28-15-17-29(18-16-28)33-22-19-30(6-4-2)35(38)36(33)39/h3,5,13,15-26H,4,6-12,14H2,1-2H3/b5-3+. The van der Waals surface area contributed by atoms with E-state index in [1.165, 1.54) is 37.7 Å². The van der Waals surface area contributed by atoms with Gasteiger partial charge in [0.25, 0.3) is 0 Å². The number of rotatable bonds is 7. The Balaban J connectivity index is 1.26. The summed E-state index contributed by atoms with van der Waals surface area (Å²) in [5.74, 6) is 0.482. The highest BCUT2D eigenvalue weighted by Gasteiger charge is 2.28. The van der Waals surface area contributed by atoms with E-state index in [2.05, 4.69) is 25.2 Å². The van der Waals surface area contributed by atoms with Crippen LogP contribution in [0.1, 0.15) is 76.3 Å². The van der Waals surface area contributed by atoms with Crippen molar-refractivity contribution < 1.29 is 13.2 Å². The lowest BCUT2D eigenvalue weighted by atomic mass is 9.71. The monoisotopic (exact) mass is 528 g/mol. The normalized spacial score (nSPS) is 21.8. The van der Waals surface area contributed by atoms with E-state index in [0.29, 0.717) is 23.1 Å². The van der Waals surface area contributed by atoms with Crippen molar-refractivity contribution in [3.8, 4) is 22.3 Å². The molecule has 0 aromatic heterocycles. The summed E-state index contributed by atoms with van der Waals surface area (Å²) in [6.07, 6.45) is 16.7. The van der Waals surface area contributed by atoms with Gasteiger partial charge in [-0.2, -0.15) is 0 Å². The molecule has 0 amide bonds. The molecule has 0 bridgehead atoms. The van der Waals surface area contributed by atoms with Crippen molar-refractivity contribution in [3.05, 3.63) is 101 Å². The number of hydrogen-bond acceptors (Lipinski definition) is 0. The minimum absolute atomic E-state index is 0.225. The minimum atomic E-state index is -0.825. The van der Waals surface area contributed by atoms with Crippen LogP contribution in [0.3, 0.4) is 0 Å². The summed E-state index contributed by atoms with van der Waals surface area (Å²) in [6, 6.07) is 15.8. The van der Waals surface area contributed by atoms with E-state index >= 15 is 4.39 Å². The van der Waals surface area contributed by atoms with Gasteiger partial charge in [0.1, 0.15) is 5.82 Å². The fourth-order valence-corrected chi connectivity index (χ4v) is 6.68. The molecule has 0 spiro atoms. The Bertz CT molecular complexity index is 1340. The predicted molar refractivity (Wildman–Crippen MR) is 157 cm³/mol. The predicted octanol–water partition coefficient (Wildman–Crippen LogP) is 11.0. The highest BCUT2D eigenvalue weighted by molar-refractivity contribution is 5.74. The molecule has 0 nitrogen and oxygen atoms in total. The third kappa shape index (κ3) is 6.08. The van der Waals surface area contributed by atoms with Gasteiger partial charge in [-0.3, -0.25) is 0 Å². The number of benzene rings is 3. The first-order valence-electron chi connectivity index (χ1n) is 14.7. The summed E-state index contributed by atoms with van der Waals surface area (Å²) < 4.78 is 44.4. The number of hydrogen-bond donors (Lipinski definition) is 0. The highest BCUT2D eigenvalue weighted by Crippen LogP contribution is 2.42. The van der Waals surface area contributed by atoms with E-state index in [-0.39, 0.29) is 11.4 Å². The molecule has 0 heterocycles. The molecule has 2 aliphatic carbocycles. The summed E-state index contributed by atoms with van der Waals surface area (Å²) in [5, 5.41) is 0. The number of aryl methyl sites for hydroxylation is 1. The first kappa shape index (κ1) is 27.5. The lowest BCUT2D eigenvalue weighted by Crippen LogP contribution is -2.22. The van der Waals surface area contributed by atoms with Gasteiger partial charge >= 0.3 is 0 Å². The second-order valence-electron chi connectivity index (χ2n) is 11.4. The van der Waals surface area contributed by atoms with Crippen molar-refractivity contribution in [2.75, 3.05) is 0 Å². The van der Waals surface area contributed by atoms with Crippen molar-refractivity contribution in [1.82, 2.24) is 0 Å². The Kier molecular flexibility index (Phi) is 8.75. The molecule has 1 saturated carbocycles. The van der Waals surface area contributed by atoms with E-state index in [4.69, 9.17) is 0 Å². The van der Waals surface area contributed by atoms with Gasteiger partial charge in [-0.05, 0) is 110 Å². The molecule has 3 heteroatoms. The van der Waals surface area contributed by atoms with Crippen molar-refractivity contribution in [1.29, 1.82) is 0 Å². The van der Waals surface area contributed by atoms with Gasteiger partial charge in [-0.15, -0.1) is 0 Å². The van der Waals surface area contributed by atoms with Crippen LogP contribution in [0.5, 0.6) is 0 Å². The molecule has 39 heavy (non-hydrogen) atoms. The van der Waals surface area contributed by atoms with Crippen LogP contribution in [-0.2, 0) is 6.42 Å². The maximum absolute atomic E-state index is 15.3. The molecule has 0 saturated heterocycles. The van der Waals surface area contributed by atoms with E-state index in [1.54, 1.807) is 42.5 Å². The summed E-state index contributed by atoms with van der Waals surface area (Å²) in [7, 11) is 0. The number of halogens is 3. The molecule has 3 aromatic carbocycles. The topological polar surface area (TPSA) is 0 Å². The Labute approximate surface area is 231 Å². The molecule has 1 atom stereocenters. The first-order chi connectivity index (χ1) is 19.0. The second-order valence-corrected chi connectivity index (χ2v) is 11.4. The zero-order valence-corrected chi connectivity index (χ0v) is 23.2. The van der Waals surface area contributed by atoms with Crippen LogP contribution in [0.2, 0.25) is 0 Å². The summed E-state index contributed by atoms with van der Waals surface area (Å²) in [4.78, 5) is 0. The summed E-state index contributed by atoms with van der Waals surface area (Å²) in [5.41, 5.74) is 4.65. The quantitative estimate of drug-likeness (QED) is 0.268. The lowest BCUT2D eigenvalue weighted by Gasteiger charge is -2.34.